The van der Waals surface area contributed by atoms with Gasteiger partial charge in [0.1, 0.15) is 17.2 Å². The van der Waals surface area contributed by atoms with Gasteiger partial charge in [0, 0.05) is 0 Å². The molecule has 0 saturated carbocycles. The van der Waals surface area contributed by atoms with Gasteiger partial charge in [0.2, 0.25) is 10.0 Å². The highest BCUT2D eigenvalue weighted by Crippen LogP contribution is 2.27. The zero-order chi connectivity index (χ0) is 17.3. The molecule has 0 amide bonds. The molecular weight excluding hydrogens is 340 g/mol. The summed E-state index contributed by atoms with van der Waals surface area (Å²) in [6, 6.07) is 6.05. The van der Waals surface area contributed by atoms with Crippen molar-refractivity contribution in [1.29, 1.82) is 0 Å². The molecule has 1 heterocycles. The minimum Gasteiger partial charge on any atom is -0.317 e. The van der Waals surface area contributed by atoms with Gasteiger partial charge in [-0.2, -0.15) is 13.2 Å². The molecule has 5 nitrogen and oxygen atoms in total. The Balaban J connectivity index is 2.22. The number of hydrogen-bond acceptors (Lipinski definition) is 3. The van der Waals surface area contributed by atoms with Crippen molar-refractivity contribution in [3.63, 3.8) is 0 Å². The summed E-state index contributed by atoms with van der Waals surface area (Å²) in [5.74, 6) is -1.27. The molecule has 0 aliphatic rings. The number of halogens is 4. The number of pyridine rings is 1. The molecule has 0 bridgehead atoms. The summed E-state index contributed by atoms with van der Waals surface area (Å²) in [6.07, 6.45) is -4.75. The van der Waals surface area contributed by atoms with Gasteiger partial charge in [0.05, 0.1) is 5.75 Å². The van der Waals surface area contributed by atoms with Gasteiger partial charge in [-0.25, -0.2) is 12.8 Å². The van der Waals surface area contributed by atoms with E-state index in [0.717, 1.165) is 12.1 Å². The second-order valence-corrected chi connectivity index (χ2v) is 6.33. The van der Waals surface area contributed by atoms with Crippen molar-refractivity contribution < 1.29 is 26.0 Å². The van der Waals surface area contributed by atoms with Gasteiger partial charge < -0.3 is 4.98 Å². The van der Waals surface area contributed by atoms with E-state index in [0.29, 0.717) is 12.1 Å². The number of hydrogen-bond donors (Lipinski definition) is 2. The summed E-state index contributed by atoms with van der Waals surface area (Å²) in [5, 5.41) is 0. The number of nitrogens with one attached hydrogen (secondary N) is 2. The van der Waals surface area contributed by atoms with Gasteiger partial charge in [-0.05, 0) is 29.8 Å². The summed E-state index contributed by atoms with van der Waals surface area (Å²) in [7, 11) is -4.09. The number of aromatic nitrogens is 1. The van der Waals surface area contributed by atoms with Crippen molar-refractivity contribution in [2.24, 2.45) is 0 Å². The molecule has 2 aromatic rings. The maximum Gasteiger partial charge on any atom is 0.431 e. The molecule has 124 valence electrons. The molecule has 0 spiro atoms. The number of benzene rings is 1. The standard InChI is InChI=1S/C13H10F4N2O3S/c14-9-3-1-2-8(6-9)7-23(21,22)19-10-4-5-11(13(15,16)17)18-12(10)20/h1-6,19H,7H2,(H,18,20). The van der Waals surface area contributed by atoms with Crippen LogP contribution in [0.5, 0.6) is 0 Å². The quantitative estimate of drug-likeness (QED) is 0.832. The molecule has 0 fully saturated rings. The largest absolute Gasteiger partial charge is 0.431 e. The maximum atomic E-state index is 13.0. The Morgan fingerprint density at radius 1 is 1.13 bits per heavy atom. The molecule has 2 rings (SSSR count). The van der Waals surface area contributed by atoms with Crippen LogP contribution in [-0.4, -0.2) is 13.4 Å². The van der Waals surface area contributed by atoms with Crippen molar-refractivity contribution >= 4 is 15.7 Å². The van der Waals surface area contributed by atoms with Gasteiger partial charge >= 0.3 is 6.18 Å². The zero-order valence-corrected chi connectivity index (χ0v) is 12.1. The number of aromatic amines is 1. The zero-order valence-electron chi connectivity index (χ0n) is 11.3. The minimum absolute atomic E-state index is 0.126. The predicted octanol–water partition coefficient (Wildman–Crippen LogP) is 2.47. The fourth-order valence-electron chi connectivity index (χ4n) is 1.77. The van der Waals surface area contributed by atoms with E-state index in [2.05, 4.69) is 0 Å². The second-order valence-electron chi connectivity index (χ2n) is 4.60. The molecule has 0 saturated heterocycles. The van der Waals surface area contributed by atoms with Crippen LogP contribution in [0.25, 0.3) is 0 Å². The highest BCUT2D eigenvalue weighted by atomic mass is 32.2. The predicted molar refractivity (Wildman–Crippen MR) is 74.7 cm³/mol. The van der Waals surface area contributed by atoms with Gasteiger partial charge in [-0.3, -0.25) is 9.52 Å². The van der Waals surface area contributed by atoms with E-state index in [-0.39, 0.29) is 5.56 Å². The van der Waals surface area contributed by atoms with Crippen molar-refractivity contribution in [3.8, 4) is 0 Å². The highest BCUT2D eigenvalue weighted by molar-refractivity contribution is 7.91. The molecule has 1 aromatic carbocycles. The lowest BCUT2D eigenvalue weighted by Crippen LogP contribution is -2.23. The molecule has 1 aromatic heterocycles. The first-order valence-electron chi connectivity index (χ1n) is 6.12. The smallest absolute Gasteiger partial charge is 0.317 e. The van der Waals surface area contributed by atoms with Crippen molar-refractivity contribution in [3.05, 3.63) is 63.8 Å². The average molecular weight is 350 g/mol. The van der Waals surface area contributed by atoms with Crippen LogP contribution in [0.3, 0.4) is 0 Å². The van der Waals surface area contributed by atoms with Crippen molar-refractivity contribution in [2.45, 2.75) is 11.9 Å². The molecule has 23 heavy (non-hydrogen) atoms. The third-order valence-electron chi connectivity index (χ3n) is 2.73. The van der Waals surface area contributed by atoms with Crippen LogP contribution in [0, 0.1) is 5.82 Å². The van der Waals surface area contributed by atoms with E-state index in [4.69, 9.17) is 0 Å². The lowest BCUT2D eigenvalue weighted by molar-refractivity contribution is -0.141. The summed E-state index contributed by atoms with van der Waals surface area (Å²) in [4.78, 5) is 13.1. The van der Waals surface area contributed by atoms with E-state index in [1.54, 1.807) is 4.98 Å². The molecule has 0 atom stereocenters. The minimum atomic E-state index is -4.75. The maximum absolute atomic E-state index is 13.0. The molecule has 10 heteroatoms. The number of alkyl halides is 3. The first-order valence-corrected chi connectivity index (χ1v) is 7.77. The summed E-state index contributed by atoms with van der Waals surface area (Å²) >= 11 is 0. The van der Waals surface area contributed by atoms with E-state index in [1.807, 2.05) is 4.72 Å². The Morgan fingerprint density at radius 2 is 1.83 bits per heavy atom. The number of anilines is 1. The van der Waals surface area contributed by atoms with E-state index in [1.165, 1.54) is 12.1 Å². The topological polar surface area (TPSA) is 79.0 Å². The van der Waals surface area contributed by atoms with Crippen LogP contribution in [-0.2, 0) is 22.0 Å². The van der Waals surface area contributed by atoms with Gasteiger partial charge in [-0.15, -0.1) is 0 Å². The Labute approximate surface area is 128 Å². The Morgan fingerprint density at radius 3 is 2.39 bits per heavy atom. The molecule has 0 radical (unpaired) electrons. The fraction of sp³-hybridized carbons (Fsp3) is 0.154. The Kier molecular flexibility index (Phi) is 4.46. The fourth-order valence-corrected chi connectivity index (χ4v) is 2.96. The third kappa shape index (κ3) is 4.55. The van der Waals surface area contributed by atoms with Crippen LogP contribution in [0.15, 0.2) is 41.2 Å². The monoisotopic (exact) mass is 350 g/mol. The molecule has 0 unspecified atom stereocenters. The average Bonchev–Trinajstić information content (AvgIpc) is 2.39. The number of sulfonamides is 1. The highest BCUT2D eigenvalue weighted by Gasteiger charge is 2.32. The molecule has 0 aliphatic heterocycles. The Bertz CT molecular complexity index is 875. The summed E-state index contributed by atoms with van der Waals surface area (Å²) < 4.78 is 76.0. The van der Waals surface area contributed by atoms with E-state index < -0.39 is 44.7 Å². The van der Waals surface area contributed by atoms with Gasteiger partial charge in [-0.1, -0.05) is 12.1 Å². The molecule has 0 aliphatic carbocycles. The lowest BCUT2D eigenvalue weighted by atomic mass is 10.2. The second kappa shape index (κ2) is 6.03. The van der Waals surface area contributed by atoms with Gasteiger partial charge in [0.25, 0.3) is 5.56 Å². The first-order chi connectivity index (χ1) is 10.6. The first kappa shape index (κ1) is 17.0. The van der Waals surface area contributed by atoms with E-state index in [9.17, 15) is 30.8 Å². The summed E-state index contributed by atoms with van der Waals surface area (Å²) in [5.41, 5.74) is -2.96. The Hall–Kier alpha value is -2.36. The normalized spacial score (nSPS) is 12.2. The van der Waals surface area contributed by atoms with Crippen molar-refractivity contribution in [2.75, 3.05) is 4.72 Å². The SMILES string of the molecule is O=c1[nH]c(C(F)(F)F)ccc1NS(=O)(=O)Cc1cccc(F)c1. The van der Waals surface area contributed by atoms with Crippen LogP contribution in [0.1, 0.15) is 11.3 Å². The van der Waals surface area contributed by atoms with Crippen LogP contribution < -0.4 is 10.3 Å². The molecular formula is C13H10F4N2O3S. The number of H-pyrrole nitrogens is 1. The van der Waals surface area contributed by atoms with Crippen LogP contribution in [0.4, 0.5) is 23.2 Å². The summed E-state index contributed by atoms with van der Waals surface area (Å²) in [6.45, 7) is 0. The number of rotatable bonds is 4. The lowest BCUT2D eigenvalue weighted by Gasteiger charge is -2.10. The molecule has 2 N–H and O–H groups in total. The van der Waals surface area contributed by atoms with Crippen molar-refractivity contribution in [1.82, 2.24) is 4.98 Å². The third-order valence-corrected chi connectivity index (χ3v) is 3.97. The van der Waals surface area contributed by atoms with Gasteiger partial charge in [0.15, 0.2) is 0 Å². The van der Waals surface area contributed by atoms with Crippen LogP contribution in [0.2, 0.25) is 0 Å². The van der Waals surface area contributed by atoms with E-state index >= 15 is 0 Å². The van der Waals surface area contributed by atoms with Crippen LogP contribution >= 0.6 is 0 Å².